The second-order valence-electron chi connectivity index (χ2n) is 5.95. The summed E-state index contributed by atoms with van der Waals surface area (Å²) >= 11 is 0. The smallest absolute Gasteiger partial charge is 0.295 e. The molecular formula is C17H22N2O5S. The van der Waals surface area contributed by atoms with Gasteiger partial charge < -0.3 is 15.4 Å². The van der Waals surface area contributed by atoms with Crippen LogP contribution in [0.5, 0.6) is 0 Å². The number of rotatable bonds is 7. The molecule has 7 nitrogen and oxygen atoms in total. The van der Waals surface area contributed by atoms with Crippen molar-refractivity contribution in [1.29, 1.82) is 0 Å². The lowest BCUT2D eigenvalue weighted by Gasteiger charge is -2.21. The van der Waals surface area contributed by atoms with E-state index in [9.17, 15) is 17.8 Å². The second kappa shape index (κ2) is 7.81. The van der Waals surface area contributed by atoms with E-state index in [0.29, 0.717) is 16.5 Å². The third-order valence-corrected chi connectivity index (χ3v) is 4.48. The largest absolute Gasteiger partial charge is 0.382 e. The minimum Gasteiger partial charge on any atom is -0.382 e. The number of ether oxygens (including phenoxy) is 1. The van der Waals surface area contributed by atoms with Crippen LogP contribution >= 0.6 is 0 Å². The number of fused-ring (bicyclic) bond motifs is 1. The lowest BCUT2D eigenvalue weighted by molar-refractivity contribution is -0.123. The van der Waals surface area contributed by atoms with Crippen molar-refractivity contribution < 1.29 is 22.5 Å². The lowest BCUT2D eigenvalue weighted by atomic mass is 10.1. The summed E-state index contributed by atoms with van der Waals surface area (Å²) in [6, 6.07) is 8.92. The molecule has 0 aromatic heterocycles. The third-order valence-electron chi connectivity index (χ3n) is 3.57. The van der Waals surface area contributed by atoms with Gasteiger partial charge in [-0.3, -0.25) is 9.35 Å². The van der Waals surface area contributed by atoms with Gasteiger partial charge in [0.25, 0.3) is 10.1 Å². The SMILES string of the molecule is COCC(Nc1cccc2c(S(=O)(=O)O)cccc12)C(=O)NC(C)C. The predicted molar refractivity (Wildman–Crippen MR) is 96.3 cm³/mol. The summed E-state index contributed by atoms with van der Waals surface area (Å²) in [5.41, 5.74) is 0.573. The van der Waals surface area contributed by atoms with Crippen molar-refractivity contribution in [2.45, 2.75) is 30.8 Å². The summed E-state index contributed by atoms with van der Waals surface area (Å²) in [7, 11) is -2.85. The Kier molecular flexibility index (Phi) is 5.99. The Morgan fingerprint density at radius 3 is 2.40 bits per heavy atom. The van der Waals surface area contributed by atoms with Crippen molar-refractivity contribution in [1.82, 2.24) is 5.32 Å². The highest BCUT2D eigenvalue weighted by Gasteiger charge is 2.21. The molecule has 0 aliphatic carbocycles. The first kappa shape index (κ1) is 19.2. The van der Waals surface area contributed by atoms with Gasteiger partial charge in [-0.25, -0.2) is 0 Å². The molecule has 2 aromatic rings. The van der Waals surface area contributed by atoms with E-state index in [1.807, 2.05) is 13.8 Å². The average Bonchev–Trinajstić information content (AvgIpc) is 2.52. The molecule has 1 atom stereocenters. The maximum absolute atomic E-state index is 12.3. The molecule has 8 heteroatoms. The van der Waals surface area contributed by atoms with Crippen molar-refractivity contribution in [2.24, 2.45) is 0 Å². The molecule has 136 valence electrons. The quantitative estimate of drug-likeness (QED) is 0.648. The van der Waals surface area contributed by atoms with Crippen LogP contribution in [-0.2, 0) is 19.6 Å². The number of benzene rings is 2. The molecule has 0 fully saturated rings. The van der Waals surface area contributed by atoms with Gasteiger partial charge in [0.2, 0.25) is 5.91 Å². The van der Waals surface area contributed by atoms with E-state index in [4.69, 9.17) is 4.74 Å². The van der Waals surface area contributed by atoms with E-state index in [1.165, 1.54) is 19.2 Å². The van der Waals surface area contributed by atoms with E-state index in [2.05, 4.69) is 10.6 Å². The van der Waals surface area contributed by atoms with Gasteiger partial charge in [-0.05, 0) is 26.0 Å². The van der Waals surface area contributed by atoms with Crippen LogP contribution in [-0.4, -0.2) is 44.7 Å². The molecule has 0 aliphatic rings. The summed E-state index contributed by atoms with van der Waals surface area (Å²) in [6.45, 7) is 3.86. The van der Waals surface area contributed by atoms with Crippen LogP contribution in [0, 0.1) is 0 Å². The highest BCUT2D eigenvalue weighted by molar-refractivity contribution is 7.86. The van der Waals surface area contributed by atoms with Gasteiger partial charge in [0, 0.05) is 29.6 Å². The average molecular weight is 366 g/mol. The highest BCUT2D eigenvalue weighted by Crippen LogP contribution is 2.29. The molecule has 0 saturated carbocycles. The van der Waals surface area contributed by atoms with E-state index in [1.54, 1.807) is 24.3 Å². The predicted octanol–water partition coefficient (Wildman–Crippen LogP) is 2.04. The fourth-order valence-corrected chi connectivity index (χ4v) is 3.26. The molecule has 2 rings (SSSR count). The Labute approximate surface area is 147 Å². The van der Waals surface area contributed by atoms with Crippen molar-refractivity contribution in [3.05, 3.63) is 36.4 Å². The highest BCUT2D eigenvalue weighted by atomic mass is 32.2. The third kappa shape index (κ3) is 4.68. The molecular weight excluding hydrogens is 344 g/mol. The van der Waals surface area contributed by atoms with Crippen LogP contribution in [0.3, 0.4) is 0 Å². The Hall–Kier alpha value is -2.16. The molecule has 0 radical (unpaired) electrons. The summed E-state index contributed by atoms with van der Waals surface area (Å²) in [4.78, 5) is 12.1. The van der Waals surface area contributed by atoms with Gasteiger partial charge in [-0.2, -0.15) is 8.42 Å². The minimum atomic E-state index is -4.35. The topological polar surface area (TPSA) is 105 Å². The molecule has 0 heterocycles. The van der Waals surface area contributed by atoms with Crippen molar-refractivity contribution in [3.8, 4) is 0 Å². The normalized spacial score (nSPS) is 13.0. The number of amides is 1. The van der Waals surface area contributed by atoms with Crippen LogP contribution in [0.2, 0.25) is 0 Å². The number of methoxy groups -OCH3 is 1. The molecule has 25 heavy (non-hydrogen) atoms. The van der Waals surface area contributed by atoms with E-state index >= 15 is 0 Å². The zero-order valence-electron chi connectivity index (χ0n) is 14.3. The zero-order valence-corrected chi connectivity index (χ0v) is 15.1. The maximum Gasteiger partial charge on any atom is 0.295 e. The summed E-state index contributed by atoms with van der Waals surface area (Å²) in [6.07, 6.45) is 0. The minimum absolute atomic E-state index is 0.0210. The molecule has 3 N–H and O–H groups in total. The number of carbonyl (C=O) groups excluding carboxylic acids is 1. The van der Waals surface area contributed by atoms with E-state index in [-0.39, 0.29) is 23.5 Å². The van der Waals surface area contributed by atoms with Crippen molar-refractivity contribution >= 4 is 32.5 Å². The number of nitrogens with one attached hydrogen (secondary N) is 2. The summed E-state index contributed by atoms with van der Waals surface area (Å²) in [5, 5.41) is 6.86. The Morgan fingerprint density at radius 1 is 1.16 bits per heavy atom. The van der Waals surface area contributed by atoms with Gasteiger partial charge in [-0.15, -0.1) is 0 Å². The number of hydrogen-bond acceptors (Lipinski definition) is 5. The first-order valence-corrected chi connectivity index (χ1v) is 9.23. The number of hydrogen-bond donors (Lipinski definition) is 3. The standard InChI is InChI=1S/C17H22N2O5S/c1-11(2)18-17(20)15(10-24-3)19-14-8-4-7-13-12(14)6-5-9-16(13)25(21,22)23/h4-9,11,15,19H,10H2,1-3H3,(H,18,20)(H,21,22,23). The Balaban J connectivity index is 2.45. The molecule has 2 aromatic carbocycles. The van der Waals surface area contributed by atoms with Crippen LogP contribution in [0.1, 0.15) is 13.8 Å². The van der Waals surface area contributed by atoms with Crippen LogP contribution in [0.4, 0.5) is 5.69 Å². The van der Waals surface area contributed by atoms with Crippen LogP contribution in [0.25, 0.3) is 10.8 Å². The van der Waals surface area contributed by atoms with Crippen LogP contribution in [0.15, 0.2) is 41.3 Å². The van der Waals surface area contributed by atoms with Gasteiger partial charge in [0.15, 0.2) is 0 Å². The van der Waals surface area contributed by atoms with Crippen molar-refractivity contribution in [3.63, 3.8) is 0 Å². The second-order valence-corrected chi connectivity index (χ2v) is 7.34. The molecule has 1 unspecified atom stereocenters. The Bertz CT molecular complexity index is 864. The summed E-state index contributed by atoms with van der Waals surface area (Å²) in [5.74, 6) is -0.222. The monoisotopic (exact) mass is 366 g/mol. The maximum atomic E-state index is 12.3. The van der Waals surface area contributed by atoms with Gasteiger partial charge >= 0.3 is 0 Å². The molecule has 0 spiro atoms. The fraction of sp³-hybridized carbons (Fsp3) is 0.353. The summed E-state index contributed by atoms with van der Waals surface area (Å²) < 4.78 is 37.6. The lowest BCUT2D eigenvalue weighted by Crippen LogP contribution is -2.45. The van der Waals surface area contributed by atoms with Crippen LogP contribution < -0.4 is 10.6 Å². The van der Waals surface area contributed by atoms with Crippen molar-refractivity contribution in [2.75, 3.05) is 19.0 Å². The van der Waals surface area contributed by atoms with Gasteiger partial charge in [0.05, 0.1) is 6.61 Å². The number of carbonyl (C=O) groups is 1. The van der Waals surface area contributed by atoms with E-state index < -0.39 is 16.2 Å². The zero-order chi connectivity index (χ0) is 18.6. The first-order valence-electron chi connectivity index (χ1n) is 7.79. The van der Waals surface area contributed by atoms with Gasteiger partial charge in [-0.1, -0.05) is 24.3 Å². The molecule has 1 amide bonds. The Morgan fingerprint density at radius 2 is 1.80 bits per heavy atom. The first-order chi connectivity index (χ1) is 11.7. The van der Waals surface area contributed by atoms with E-state index in [0.717, 1.165) is 0 Å². The number of anilines is 1. The fourth-order valence-electron chi connectivity index (χ4n) is 2.55. The van der Waals surface area contributed by atoms with Gasteiger partial charge in [0.1, 0.15) is 10.9 Å². The molecule has 0 bridgehead atoms. The molecule has 0 aliphatic heterocycles. The molecule has 0 saturated heterocycles.